The number of benzene rings is 1. The third-order valence-corrected chi connectivity index (χ3v) is 2.28. The van der Waals surface area contributed by atoms with Gasteiger partial charge in [0.2, 0.25) is 0 Å². The van der Waals surface area contributed by atoms with Crippen LogP contribution in [-0.2, 0) is 0 Å². The van der Waals surface area contributed by atoms with Gasteiger partial charge in [0.25, 0.3) is 0 Å². The number of nitriles is 1. The summed E-state index contributed by atoms with van der Waals surface area (Å²) >= 11 is 3.21. The molecule has 0 aliphatic carbocycles. The average Bonchev–Trinajstić information content (AvgIpc) is 2.19. The molecular weight excluding hydrogens is 247 g/mol. The molecule has 72 valence electrons. The van der Waals surface area contributed by atoms with Crippen molar-refractivity contribution in [2.75, 3.05) is 0 Å². The van der Waals surface area contributed by atoms with E-state index >= 15 is 0 Å². The fourth-order valence-corrected chi connectivity index (χ4v) is 1.33. The highest BCUT2D eigenvalue weighted by Crippen LogP contribution is 2.21. The maximum Gasteiger partial charge on any atom is 0.132 e. The summed E-state index contributed by atoms with van der Waals surface area (Å²) in [6.45, 7) is 1.55. The second-order valence-electron chi connectivity index (χ2n) is 2.77. The first-order valence-corrected chi connectivity index (χ1v) is 4.67. The molecule has 0 fully saturated rings. The Morgan fingerprint density at radius 3 is 2.79 bits per heavy atom. The Hall–Kier alpha value is -1.34. The molecule has 0 aliphatic heterocycles. The van der Waals surface area contributed by atoms with Crippen LogP contribution in [0.3, 0.4) is 0 Å². The largest absolute Gasteiger partial charge is 0.397 e. The summed E-state index contributed by atoms with van der Waals surface area (Å²) in [6.07, 6.45) is 0. The van der Waals surface area contributed by atoms with Gasteiger partial charge in [-0.05, 0) is 25.1 Å². The fraction of sp³-hybridized carbons (Fsp3) is 0.100. The molecular formula is C10H8BrFN2. The molecule has 0 saturated heterocycles. The van der Waals surface area contributed by atoms with Gasteiger partial charge in [-0.25, -0.2) is 4.39 Å². The van der Waals surface area contributed by atoms with E-state index in [9.17, 15) is 4.39 Å². The minimum Gasteiger partial charge on any atom is -0.397 e. The van der Waals surface area contributed by atoms with Crippen molar-refractivity contribution in [1.29, 1.82) is 5.26 Å². The standard InChI is InChI=1S/C10H8BrFN2/c1-6(5-13)10(14)8-4-7(11)2-3-9(8)12/h2-4H,14H2,1H3/b10-6-. The number of nitrogens with two attached hydrogens (primary N) is 1. The predicted molar refractivity (Wildman–Crippen MR) is 56.5 cm³/mol. The average molecular weight is 255 g/mol. The third-order valence-electron chi connectivity index (χ3n) is 1.79. The van der Waals surface area contributed by atoms with Gasteiger partial charge in [0.1, 0.15) is 5.82 Å². The second kappa shape index (κ2) is 4.25. The summed E-state index contributed by atoms with van der Waals surface area (Å²) in [7, 11) is 0. The summed E-state index contributed by atoms with van der Waals surface area (Å²) in [5.74, 6) is -0.430. The van der Waals surface area contributed by atoms with E-state index < -0.39 is 5.82 Å². The van der Waals surface area contributed by atoms with Crippen LogP contribution in [-0.4, -0.2) is 0 Å². The Bertz CT molecular complexity index is 432. The van der Waals surface area contributed by atoms with Gasteiger partial charge in [-0.3, -0.25) is 0 Å². The number of rotatable bonds is 1. The highest BCUT2D eigenvalue weighted by Gasteiger charge is 2.07. The van der Waals surface area contributed by atoms with Crippen molar-refractivity contribution in [3.63, 3.8) is 0 Å². The van der Waals surface area contributed by atoms with Gasteiger partial charge in [-0.1, -0.05) is 15.9 Å². The van der Waals surface area contributed by atoms with Crippen molar-refractivity contribution in [1.82, 2.24) is 0 Å². The van der Waals surface area contributed by atoms with Crippen molar-refractivity contribution >= 4 is 21.6 Å². The minimum absolute atomic E-state index is 0.173. The summed E-state index contributed by atoms with van der Waals surface area (Å²) in [5, 5.41) is 8.60. The van der Waals surface area contributed by atoms with E-state index in [-0.39, 0.29) is 11.3 Å². The van der Waals surface area contributed by atoms with Crippen LogP contribution < -0.4 is 5.73 Å². The SMILES string of the molecule is C/C(C#N)=C(/N)c1cc(Br)ccc1F. The lowest BCUT2D eigenvalue weighted by Crippen LogP contribution is -2.01. The maximum absolute atomic E-state index is 13.3. The fourth-order valence-electron chi connectivity index (χ4n) is 0.966. The quantitative estimate of drug-likeness (QED) is 0.784. The highest BCUT2D eigenvalue weighted by atomic mass is 79.9. The van der Waals surface area contributed by atoms with Crippen molar-refractivity contribution in [2.45, 2.75) is 6.92 Å². The van der Waals surface area contributed by atoms with Gasteiger partial charge < -0.3 is 5.73 Å². The minimum atomic E-state index is -0.430. The second-order valence-corrected chi connectivity index (χ2v) is 3.69. The molecule has 0 spiro atoms. The smallest absolute Gasteiger partial charge is 0.132 e. The van der Waals surface area contributed by atoms with Gasteiger partial charge in [0.15, 0.2) is 0 Å². The van der Waals surface area contributed by atoms with E-state index in [1.807, 2.05) is 6.07 Å². The van der Waals surface area contributed by atoms with Crippen LogP contribution in [0.1, 0.15) is 12.5 Å². The van der Waals surface area contributed by atoms with Crippen LogP contribution >= 0.6 is 15.9 Å². The van der Waals surface area contributed by atoms with Gasteiger partial charge in [0, 0.05) is 10.0 Å². The van der Waals surface area contributed by atoms with E-state index in [4.69, 9.17) is 11.0 Å². The molecule has 0 saturated carbocycles. The Morgan fingerprint density at radius 1 is 1.57 bits per heavy atom. The lowest BCUT2D eigenvalue weighted by Gasteiger charge is -2.04. The normalized spacial score (nSPS) is 11.9. The number of nitrogens with zero attached hydrogens (tertiary/aromatic N) is 1. The molecule has 0 heterocycles. The molecule has 0 unspecified atom stereocenters. The zero-order valence-electron chi connectivity index (χ0n) is 7.51. The van der Waals surface area contributed by atoms with E-state index in [2.05, 4.69) is 15.9 Å². The van der Waals surface area contributed by atoms with Crippen molar-refractivity contribution in [3.8, 4) is 6.07 Å². The molecule has 1 rings (SSSR count). The van der Waals surface area contributed by atoms with Crippen LogP contribution in [0, 0.1) is 17.1 Å². The van der Waals surface area contributed by atoms with E-state index in [0.29, 0.717) is 5.57 Å². The molecule has 2 N–H and O–H groups in total. The molecule has 0 atom stereocenters. The van der Waals surface area contributed by atoms with E-state index in [1.54, 1.807) is 19.1 Å². The Labute approximate surface area is 90.0 Å². The Kier molecular flexibility index (Phi) is 3.26. The molecule has 1 aromatic carbocycles. The Balaban J connectivity index is 3.34. The van der Waals surface area contributed by atoms with Gasteiger partial charge >= 0.3 is 0 Å². The lowest BCUT2D eigenvalue weighted by molar-refractivity contribution is 0.623. The van der Waals surface area contributed by atoms with Gasteiger partial charge in [0.05, 0.1) is 17.3 Å². The molecule has 0 aliphatic rings. The van der Waals surface area contributed by atoms with Crippen molar-refractivity contribution in [2.24, 2.45) is 5.73 Å². The molecule has 2 nitrogen and oxygen atoms in total. The molecule has 0 aromatic heterocycles. The molecule has 0 radical (unpaired) electrons. The van der Waals surface area contributed by atoms with Crippen LogP contribution in [0.25, 0.3) is 5.70 Å². The first-order valence-electron chi connectivity index (χ1n) is 3.88. The van der Waals surface area contributed by atoms with Crippen molar-refractivity contribution in [3.05, 3.63) is 39.6 Å². The Morgan fingerprint density at radius 2 is 2.21 bits per heavy atom. The van der Waals surface area contributed by atoms with Crippen LogP contribution in [0.2, 0.25) is 0 Å². The first-order chi connectivity index (χ1) is 6.56. The number of allylic oxidation sites excluding steroid dienone is 1. The van der Waals surface area contributed by atoms with E-state index in [1.165, 1.54) is 6.07 Å². The van der Waals surface area contributed by atoms with Crippen molar-refractivity contribution < 1.29 is 4.39 Å². The predicted octanol–water partition coefficient (Wildman–Crippen LogP) is 2.80. The molecule has 4 heteroatoms. The van der Waals surface area contributed by atoms with Gasteiger partial charge in [-0.15, -0.1) is 0 Å². The lowest BCUT2D eigenvalue weighted by atomic mass is 10.1. The summed E-state index contributed by atoms with van der Waals surface area (Å²) in [6, 6.07) is 6.31. The summed E-state index contributed by atoms with van der Waals surface area (Å²) in [5.41, 5.74) is 6.34. The molecule has 0 bridgehead atoms. The van der Waals surface area contributed by atoms with Crippen LogP contribution in [0.5, 0.6) is 0 Å². The monoisotopic (exact) mass is 254 g/mol. The van der Waals surface area contributed by atoms with E-state index in [0.717, 1.165) is 4.47 Å². The number of halogens is 2. The molecule has 0 amide bonds. The van der Waals surface area contributed by atoms with Crippen LogP contribution in [0.15, 0.2) is 28.2 Å². The van der Waals surface area contributed by atoms with Crippen LogP contribution in [0.4, 0.5) is 4.39 Å². The zero-order chi connectivity index (χ0) is 10.7. The summed E-state index contributed by atoms with van der Waals surface area (Å²) in [4.78, 5) is 0. The topological polar surface area (TPSA) is 49.8 Å². The summed E-state index contributed by atoms with van der Waals surface area (Å²) < 4.78 is 14.0. The number of hydrogen-bond donors (Lipinski definition) is 1. The maximum atomic E-state index is 13.3. The first kappa shape index (κ1) is 10.7. The number of hydrogen-bond acceptors (Lipinski definition) is 2. The zero-order valence-corrected chi connectivity index (χ0v) is 9.10. The third kappa shape index (κ3) is 2.12. The van der Waals surface area contributed by atoms with Gasteiger partial charge in [-0.2, -0.15) is 5.26 Å². The molecule has 14 heavy (non-hydrogen) atoms. The highest BCUT2D eigenvalue weighted by molar-refractivity contribution is 9.10. The molecule has 1 aromatic rings.